The SMILES string of the molecule is CNC(=O)C1CCN(CCCOc2ccc(-c3cc4c(ncn4C)c(C#N)n3)cc2C(F)(F)F)CC1.Cl.Cn1cnc2c(C#N)nc(-c3ccc(OCCCOS(C)(=O)=O)c(C(F)(F)F)c3)cc21. The van der Waals surface area contributed by atoms with Crippen LogP contribution in [0.3, 0.4) is 0 Å². The van der Waals surface area contributed by atoms with E-state index in [1.807, 2.05) is 12.1 Å². The molecule has 2 aromatic carbocycles. The molecule has 1 saturated heterocycles. The van der Waals surface area contributed by atoms with E-state index in [4.69, 9.17) is 9.47 Å². The summed E-state index contributed by atoms with van der Waals surface area (Å²) in [6, 6.07) is 14.3. The summed E-state index contributed by atoms with van der Waals surface area (Å²) in [5.74, 6) is -0.572. The van der Waals surface area contributed by atoms with Gasteiger partial charge >= 0.3 is 12.4 Å². The predicted molar refractivity (Wildman–Crippen MR) is 239 cm³/mol. The molecule has 0 spiro atoms. The van der Waals surface area contributed by atoms with E-state index >= 15 is 0 Å². The average molecular weight is 991 g/mol. The molecule has 0 aliphatic carbocycles. The van der Waals surface area contributed by atoms with Crippen molar-refractivity contribution in [3.63, 3.8) is 0 Å². The average Bonchev–Trinajstić information content (AvgIpc) is 3.87. The Hall–Kier alpha value is -6.53. The van der Waals surface area contributed by atoms with Crippen LogP contribution in [-0.2, 0) is 45.5 Å². The van der Waals surface area contributed by atoms with Crippen LogP contribution in [0.25, 0.3) is 44.6 Å². The molecule has 1 aliphatic rings. The highest BCUT2D eigenvalue weighted by molar-refractivity contribution is 7.85. The van der Waals surface area contributed by atoms with Crippen molar-refractivity contribution >= 4 is 50.5 Å². The van der Waals surface area contributed by atoms with Crippen LogP contribution in [0, 0.1) is 28.6 Å². The number of alkyl halides is 6. The number of carbonyl (C=O) groups is 1. The van der Waals surface area contributed by atoms with Gasteiger partial charge in [-0.2, -0.15) is 45.3 Å². The van der Waals surface area contributed by atoms with Gasteiger partial charge in [0.25, 0.3) is 10.1 Å². The van der Waals surface area contributed by atoms with Crippen LogP contribution in [-0.4, -0.2) is 101 Å². The molecule has 0 saturated carbocycles. The lowest BCUT2D eigenvalue weighted by molar-refractivity contribution is -0.139. The van der Waals surface area contributed by atoms with Crippen LogP contribution >= 0.6 is 12.4 Å². The van der Waals surface area contributed by atoms with E-state index in [2.05, 4.69) is 34.3 Å². The fourth-order valence-electron chi connectivity index (χ4n) is 7.32. The van der Waals surface area contributed by atoms with Crippen LogP contribution < -0.4 is 14.8 Å². The number of rotatable bonds is 14. The molecule has 1 N–H and O–H groups in total. The van der Waals surface area contributed by atoms with Crippen LogP contribution in [0.2, 0.25) is 0 Å². The quantitative estimate of drug-likeness (QED) is 0.0641. The smallest absolute Gasteiger partial charge is 0.419 e. The first kappa shape index (κ1) is 52.4. The molecule has 0 radical (unpaired) electrons. The zero-order valence-electron chi connectivity index (χ0n) is 37.0. The Bertz CT molecular complexity index is 2960. The maximum atomic E-state index is 13.9. The minimum absolute atomic E-state index is 0. The summed E-state index contributed by atoms with van der Waals surface area (Å²) < 4.78 is 123. The Morgan fingerprint density at radius 1 is 0.765 bits per heavy atom. The predicted octanol–water partition coefficient (Wildman–Crippen LogP) is 7.45. The standard InChI is InChI=1S/C25H27F3N6O2.C19H17F3N4O4S.ClH/c1-30-24(35)16-6-9-34(10-7-16)8-3-11-36-22-5-4-17(12-18(22)25(26,27)28)19-13-21-23(20(14-29)32-19)31-15-33(21)2;1-26-11-24-18-15(10-23)25-14(9-16(18)26)12-4-5-17(13(8-12)19(20,21)22)29-6-3-7-30-31(2,27)28;/h4-5,12-13,15-16H,3,6-11H2,1-2H3,(H,30,35);4-5,8-9,11H,3,6-7H2,1-2H3;1H. The van der Waals surface area contributed by atoms with Gasteiger partial charge in [0.1, 0.15) is 34.7 Å². The number of nitrogens with one attached hydrogen (secondary N) is 1. The Balaban J connectivity index is 0.000000253. The molecule has 1 fully saturated rings. The number of ether oxygens (including phenoxy) is 2. The fourth-order valence-corrected chi connectivity index (χ4v) is 7.75. The molecule has 4 aromatic heterocycles. The highest BCUT2D eigenvalue weighted by Gasteiger charge is 2.36. The second-order valence-electron chi connectivity index (χ2n) is 15.5. The first-order valence-corrected chi connectivity index (χ1v) is 22.4. The van der Waals surface area contributed by atoms with Crippen molar-refractivity contribution in [1.82, 2.24) is 39.3 Å². The first-order valence-electron chi connectivity index (χ1n) is 20.6. The molecule has 1 amide bonds. The Morgan fingerprint density at radius 3 is 1.63 bits per heavy atom. The highest BCUT2D eigenvalue weighted by atomic mass is 35.5. The summed E-state index contributed by atoms with van der Waals surface area (Å²) in [6.07, 6.45) is -3.25. The molecular weight excluding hydrogens is 946 g/mol. The first-order chi connectivity index (χ1) is 31.7. The molecule has 5 heterocycles. The number of hydrogen-bond donors (Lipinski definition) is 1. The lowest BCUT2D eigenvalue weighted by Gasteiger charge is -2.30. The van der Waals surface area contributed by atoms with Gasteiger partial charge in [-0.05, 0) is 80.9 Å². The minimum atomic E-state index is -4.71. The third kappa shape index (κ3) is 12.9. The third-order valence-electron chi connectivity index (χ3n) is 10.7. The molecule has 6 aromatic rings. The second-order valence-corrected chi connectivity index (χ2v) is 17.1. The third-order valence-corrected chi connectivity index (χ3v) is 11.3. The van der Waals surface area contributed by atoms with Crippen molar-refractivity contribution in [3.8, 4) is 46.2 Å². The molecule has 0 bridgehead atoms. The minimum Gasteiger partial charge on any atom is -0.493 e. The van der Waals surface area contributed by atoms with Crippen molar-refractivity contribution < 1.29 is 53.2 Å². The Labute approximate surface area is 393 Å². The van der Waals surface area contributed by atoms with Gasteiger partial charge < -0.3 is 28.8 Å². The summed E-state index contributed by atoms with van der Waals surface area (Å²) in [6.45, 7) is 2.00. The normalized spacial score (nSPS) is 13.5. The largest absolute Gasteiger partial charge is 0.493 e. The summed E-state index contributed by atoms with van der Waals surface area (Å²) in [5.41, 5.74) is 0.893. The van der Waals surface area contributed by atoms with Gasteiger partial charge in [0.15, 0.2) is 11.4 Å². The number of benzene rings is 2. The van der Waals surface area contributed by atoms with E-state index < -0.39 is 39.3 Å². The molecule has 16 nitrogen and oxygen atoms in total. The number of likely N-dealkylation sites (tertiary alicyclic amines) is 1. The number of amides is 1. The van der Waals surface area contributed by atoms with Gasteiger partial charge in [0.05, 0.1) is 72.3 Å². The molecule has 68 heavy (non-hydrogen) atoms. The number of aromatic nitrogens is 6. The van der Waals surface area contributed by atoms with Gasteiger partial charge in [0, 0.05) is 51.2 Å². The molecule has 362 valence electrons. The summed E-state index contributed by atoms with van der Waals surface area (Å²) in [7, 11) is 1.44. The number of carbonyl (C=O) groups excluding carboxylic acids is 1. The number of hydrogen-bond acceptors (Lipinski definition) is 13. The lowest BCUT2D eigenvalue weighted by atomic mass is 9.96. The monoisotopic (exact) mass is 990 g/mol. The molecule has 7 rings (SSSR count). The maximum Gasteiger partial charge on any atom is 0.419 e. The van der Waals surface area contributed by atoms with Crippen molar-refractivity contribution in [2.24, 2.45) is 20.0 Å². The van der Waals surface area contributed by atoms with Gasteiger partial charge in [0.2, 0.25) is 5.91 Å². The zero-order valence-corrected chi connectivity index (χ0v) is 38.6. The Kier molecular flexibility index (Phi) is 17.0. The molecule has 0 unspecified atom stereocenters. The second kappa shape index (κ2) is 22.1. The van der Waals surface area contributed by atoms with E-state index in [0.29, 0.717) is 35.0 Å². The number of nitriles is 2. The summed E-state index contributed by atoms with van der Waals surface area (Å²) in [4.78, 5) is 30.6. The van der Waals surface area contributed by atoms with Crippen LogP contribution in [0.5, 0.6) is 11.5 Å². The number of halogens is 7. The highest BCUT2D eigenvalue weighted by Crippen LogP contribution is 2.40. The van der Waals surface area contributed by atoms with Crippen molar-refractivity contribution in [2.75, 3.05) is 52.8 Å². The van der Waals surface area contributed by atoms with Crippen molar-refractivity contribution in [3.05, 3.63) is 83.7 Å². The maximum absolute atomic E-state index is 13.9. The van der Waals surface area contributed by atoms with E-state index in [1.54, 1.807) is 42.4 Å². The van der Waals surface area contributed by atoms with E-state index in [1.165, 1.54) is 30.9 Å². The van der Waals surface area contributed by atoms with Crippen LogP contribution in [0.1, 0.15) is 48.2 Å². The lowest BCUT2D eigenvalue weighted by Crippen LogP contribution is -2.40. The summed E-state index contributed by atoms with van der Waals surface area (Å²) in [5, 5.41) is 21.4. The van der Waals surface area contributed by atoms with Gasteiger partial charge in [-0.25, -0.2) is 19.9 Å². The van der Waals surface area contributed by atoms with E-state index in [-0.39, 0.29) is 90.1 Å². The summed E-state index contributed by atoms with van der Waals surface area (Å²) >= 11 is 0. The van der Waals surface area contributed by atoms with Gasteiger partial charge in [-0.1, -0.05) is 0 Å². The number of imidazole rings is 2. The number of fused-ring (bicyclic) bond motifs is 2. The number of aryl methyl sites for hydroxylation is 2. The number of piperidine rings is 1. The van der Waals surface area contributed by atoms with Gasteiger partial charge in [-0.15, -0.1) is 12.4 Å². The molecule has 1 aliphatic heterocycles. The number of pyridine rings is 2. The van der Waals surface area contributed by atoms with E-state index in [0.717, 1.165) is 50.4 Å². The molecule has 0 atom stereocenters. The van der Waals surface area contributed by atoms with Crippen LogP contribution in [0.15, 0.2) is 61.2 Å². The Morgan fingerprint density at radius 2 is 1.22 bits per heavy atom. The number of nitrogens with zero attached hydrogens (tertiary/aromatic N) is 9. The topological polar surface area (TPSA) is 203 Å². The van der Waals surface area contributed by atoms with Crippen LogP contribution in [0.4, 0.5) is 26.3 Å². The van der Waals surface area contributed by atoms with E-state index in [9.17, 15) is 50.1 Å². The molecule has 24 heteroatoms. The molecular formula is C44H45ClF6N10O6S. The van der Waals surface area contributed by atoms with Crippen molar-refractivity contribution in [2.45, 2.75) is 38.0 Å². The zero-order chi connectivity index (χ0) is 48.7. The van der Waals surface area contributed by atoms with Crippen molar-refractivity contribution in [1.29, 1.82) is 10.5 Å². The fraction of sp³-hybridized carbons (Fsp3) is 0.386. The van der Waals surface area contributed by atoms with Gasteiger partial charge in [-0.3, -0.25) is 8.98 Å².